The van der Waals surface area contributed by atoms with E-state index in [1.807, 2.05) is 11.6 Å². The van der Waals surface area contributed by atoms with Gasteiger partial charge in [-0.25, -0.2) is 9.37 Å². The number of hydrogen-bond donors (Lipinski definition) is 1. The Morgan fingerprint density at radius 2 is 2.28 bits per heavy atom. The second-order valence-electron chi connectivity index (χ2n) is 5.20. The van der Waals surface area contributed by atoms with Crippen LogP contribution in [0.3, 0.4) is 0 Å². The van der Waals surface area contributed by atoms with Crippen molar-refractivity contribution in [2.45, 2.75) is 25.2 Å². The van der Waals surface area contributed by atoms with E-state index in [9.17, 15) is 4.39 Å². The summed E-state index contributed by atoms with van der Waals surface area (Å²) < 4.78 is 15.3. The van der Waals surface area contributed by atoms with Crippen molar-refractivity contribution in [3.05, 3.63) is 29.8 Å². The average molecular weight is 247 g/mol. The van der Waals surface area contributed by atoms with Gasteiger partial charge in [0.2, 0.25) is 0 Å². The Bertz CT molecular complexity index is 576. The molecule has 1 heterocycles. The van der Waals surface area contributed by atoms with Crippen molar-refractivity contribution >= 4 is 11.0 Å². The molecule has 1 saturated carbocycles. The molecule has 1 fully saturated rings. The minimum Gasteiger partial charge on any atom is -0.331 e. The highest BCUT2D eigenvalue weighted by Gasteiger charge is 2.30. The first kappa shape index (κ1) is 11.7. The van der Waals surface area contributed by atoms with Crippen molar-refractivity contribution in [1.29, 1.82) is 0 Å². The number of hydrogen-bond acceptors (Lipinski definition) is 2. The van der Waals surface area contributed by atoms with Gasteiger partial charge in [-0.15, -0.1) is 0 Å². The summed E-state index contributed by atoms with van der Waals surface area (Å²) in [5.41, 5.74) is 7.57. The average Bonchev–Trinajstić information content (AvgIpc) is 2.94. The molecule has 0 saturated heterocycles. The van der Waals surface area contributed by atoms with Crippen LogP contribution >= 0.6 is 0 Å². The molecule has 0 bridgehead atoms. The van der Waals surface area contributed by atoms with Crippen LogP contribution in [0.4, 0.5) is 4.39 Å². The van der Waals surface area contributed by atoms with E-state index in [2.05, 4.69) is 4.98 Å². The first-order valence-electron chi connectivity index (χ1n) is 6.52. The van der Waals surface area contributed by atoms with E-state index in [1.165, 1.54) is 18.9 Å². The van der Waals surface area contributed by atoms with E-state index >= 15 is 0 Å². The minimum atomic E-state index is -0.209. The Kier molecular flexibility index (Phi) is 2.82. The number of aromatic nitrogens is 2. The van der Waals surface area contributed by atoms with Gasteiger partial charge >= 0.3 is 0 Å². The fraction of sp³-hybridized carbons (Fsp3) is 0.500. The predicted molar refractivity (Wildman–Crippen MR) is 69.8 cm³/mol. The van der Waals surface area contributed by atoms with Gasteiger partial charge in [-0.3, -0.25) is 0 Å². The first-order valence-corrected chi connectivity index (χ1v) is 6.52. The van der Waals surface area contributed by atoms with Gasteiger partial charge in [0.05, 0.1) is 11.0 Å². The molecule has 0 radical (unpaired) electrons. The number of fused-ring (bicyclic) bond motifs is 1. The lowest BCUT2D eigenvalue weighted by Crippen LogP contribution is -2.19. The zero-order chi connectivity index (χ0) is 12.7. The molecule has 18 heavy (non-hydrogen) atoms. The molecule has 2 atom stereocenters. The van der Waals surface area contributed by atoms with Gasteiger partial charge in [-0.05, 0) is 43.5 Å². The van der Waals surface area contributed by atoms with Crippen molar-refractivity contribution < 1.29 is 4.39 Å². The van der Waals surface area contributed by atoms with Gasteiger partial charge in [-0.2, -0.15) is 0 Å². The Labute approximate surface area is 106 Å². The molecule has 0 amide bonds. The molecular formula is C14H18FN3. The molecular weight excluding hydrogens is 229 g/mol. The van der Waals surface area contributed by atoms with Crippen LogP contribution in [0.2, 0.25) is 0 Å². The van der Waals surface area contributed by atoms with Crippen LogP contribution in [0.15, 0.2) is 18.2 Å². The molecule has 0 aliphatic heterocycles. The van der Waals surface area contributed by atoms with Gasteiger partial charge in [0.25, 0.3) is 0 Å². The lowest BCUT2D eigenvalue weighted by Gasteiger charge is -2.17. The summed E-state index contributed by atoms with van der Waals surface area (Å²) in [5, 5.41) is 0. The van der Waals surface area contributed by atoms with Crippen molar-refractivity contribution in [3.8, 4) is 0 Å². The summed E-state index contributed by atoms with van der Waals surface area (Å²) in [6.07, 6.45) is 3.53. The molecule has 2 aromatic rings. The maximum absolute atomic E-state index is 13.3. The molecule has 2 N–H and O–H groups in total. The van der Waals surface area contributed by atoms with Crippen LogP contribution in [0.1, 0.15) is 31.0 Å². The fourth-order valence-corrected chi connectivity index (χ4v) is 3.17. The molecule has 2 unspecified atom stereocenters. The SMILES string of the molecule is Cn1c(C2CCCC2CN)nc2ccc(F)cc21. The van der Waals surface area contributed by atoms with Crippen molar-refractivity contribution in [1.82, 2.24) is 9.55 Å². The summed E-state index contributed by atoms with van der Waals surface area (Å²) in [7, 11) is 1.97. The molecule has 1 aliphatic carbocycles. The van der Waals surface area contributed by atoms with Crippen LogP contribution in [-0.2, 0) is 7.05 Å². The lowest BCUT2D eigenvalue weighted by atomic mass is 9.95. The number of aryl methyl sites for hydroxylation is 1. The predicted octanol–water partition coefficient (Wildman–Crippen LogP) is 2.55. The third kappa shape index (κ3) is 1.72. The van der Waals surface area contributed by atoms with Crippen LogP contribution in [0, 0.1) is 11.7 Å². The van der Waals surface area contributed by atoms with Crippen molar-refractivity contribution in [2.24, 2.45) is 18.7 Å². The summed E-state index contributed by atoms with van der Waals surface area (Å²) in [5.74, 6) is 1.79. The zero-order valence-corrected chi connectivity index (χ0v) is 10.6. The summed E-state index contributed by atoms with van der Waals surface area (Å²) in [6.45, 7) is 0.711. The third-order valence-electron chi connectivity index (χ3n) is 4.17. The maximum atomic E-state index is 13.3. The molecule has 3 rings (SSSR count). The molecule has 3 nitrogen and oxygen atoms in total. The van der Waals surface area contributed by atoms with Gasteiger partial charge in [0.15, 0.2) is 0 Å². The van der Waals surface area contributed by atoms with Crippen LogP contribution < -0.4 is 5.73 Å². The lowest BCUT2D eigenvalue weighted by molar-refractivity contribution is 0.469. The Morgan fingerprint density at radius 3 is 3.06 bits per heavy atom. The summed E-state index contributed by atoms with van der Waals surface area (Å²) in [6, 6.07) is 4.77. The molecule has 96 valence electrons. The Hall–Kier alpha value is -1.42. The summed E-state index contributed by atoms with van der Waals surface area (Å²) in [4.78, 5) is 4.67. The highest BCUT2D eigenvalue weighted by atomic mass is 19.1. The largest absolute Gasteiger partial charge is 0.331 e. The monoisotopic (exact) mass is 247 g/mol. The fourth-order valence-electron chi connectivity index (χ4n) is 3.17. The van der Waals surface area contributed by atoms with E-state index in [4.69, 9.17) is 5.73 Å². The van der Waals surface area contributed by atoms with Gasteiger partial charge < -0.3 is 10.3 Å². The number of nitrogens with zero attached hydrogens (tertiary/aromatic N) is 2. The highest BCUT2D eigenvalue weighted by Crippen LogP contribution is 2.39. The van der Waals surface area contributed by atoms with Crippen LogP contribution in [0.5, 0.6) is 0 Å². The number of imidazole rings is 1. The molecule has 1 aliphatic rings. The second kappa shape index (κ2) is 4.35. The van der Waals surface area contributed by atoms with E-state index in [0.717, 1.165) is 23.3 Å². The normalized spacial score (nSPS) is 23.9. The Balaban J connectivity index is 2.09. The first-order chi connectivity index (χ1) is 8.70. The van der Waals surface area contributed by atoms with Crippen LogP contribution in [-0.4, -0.2) is 16.1 Å². The zero-order valence-electron chi connectivity index (χ0n) is 10.6. The highest BCUT2D eigenvalue weighted by molar-refractivity contribution is 5.76. The molecule has 1 aromatic heterocycles. The quantitative estimate of drug-likeness (QED) is 0.886. The minimum absolute atomic E-state index is 0.209. The van der Waals surface area contributed by atoms with Crippen LogP contribution in [0.25, 0.3) is 11.0 Å². The van der Waals surface area contributed by atoms with E-state index in [-0.39, 0.29) is 5.82 Å². The number of benzene rings is 1. The maximum Gasteiger partial charge on any atom is 0.125 e. The van der Waals surface area contributed by atoms with E-state index in [0.29, 0.717) is 18.4 Å². The van der Waals surface area contributed by atoms with E-state index in [1.54, 1.807) is 12.1 Å². The number of nitrogens with two attached hydrogens (primary N) is 1. The topological polar surface area (TPSA) is 43.8 Å². The molecule has 4 heteroatoms. The standard InChI is InChI=1S/C14H18FN3/c1-18-13-7-10(15)5-6-12(13)17-14(18)11-4-2-3-9(11)8-16/h5-7,9,11H,2-4,8,16H2,1H3. The second-order valence-corrected chi connectivity index (χ2v) is 5.20. The number of halogens is 1. The van der Waals surface area contributed by atoms with Gasteiger partial charge in [0.1, 0.15) is 11.6 Å². The number of rotatable bonds is 2. The molecule has 0 spiro atoms. The molecule has 1 aromatic carbocycles. The van der Waals surface area contributed by atoms with Gasteiger partial charge in [-0.1, -0.05) is 6.42 Å². The van der Waals surface area contributed by atoms with E-state index < -0.39 is 0 Å². The van der Waals surface area contributed by atoms with Crippen molar-refractivity contribution in [3.63, 3.8) is 0 Å². The summed E-state index contributed by atoms with van der Waals surface area (Å²) >= 11 is 0. The third-order valence-corrected chi connectivity index (χ3v) is 4.17. The van der Waals surface area contributed by atoms with Crippen molar-refractivity contribution in [2.75, 3.05) is 6.54 Å². The smallest absolute Gasteiger partial charge is 0.125 e. The van der Waals surface area contributed by atoms with Gasteiger partial charge in [0, 0.05) is 13.0 Å². The Morgan fingerprint density at radius 1 is 1.44 bits per heavy atom.